The average Bonchev–Trinajstić information content (AvgIpc) is 2.87. The number of benzene rings is 2. The van der Waals surface area contributed by atoms with Crippen LogP contribution in [0.2, 0.25) is 0 Å². The molecule has 7 heteroatoms. The van der Waals surface area contributed by atoms with E-state index in [1.165, 1.54) is 13.8 Å². The van der Waals surface area contributed by atoms with E-state index in [4.69, 9.17) is 18.9 Å². The second-order valence-corrected chi connectivity index (χ2v) is 9.33. The van der Waals surface area contributed by atoms with Crippen molar-refractivity contribution >= 4 is 29.1 Å². The summed E-state index contributed by atoms with van der Waals surface area (Å²) >= 11 is 0. The molecule has 0 saturated carbocycles. The SMILES string of the molecule is C=C(C)COc1ccc(/C(C)=C(\C)c2ccc(OC(=O)C(=C)C)c(OC(=O)C(=C)C)c2)cc1OC(=O)C(=C)C. The number of carbonyl (C=O) groups is 3. The zero-order valence-corrected chi connectivity index (χ0v) is 23.4. The van der Waals surface area contributed by atoms with Crippen LogP contribution in [0, 0.1) is 0 Å². The first-order valence-electron chi connectivity index (χ1n) is 12.1. The minimum atomic E-state index is -0.660. The molecule has 0 aliphatic heterocycles. The summed E-state index contributed by atoms with van der Waals surface area (Å²) in [5, 5.41) is 0. The van der Waals surface area contributed by atoms with Crippen LogP contribution in [0.15, 0.2) is 85.0 Å². The summed E-state index contributed by atoms with van der Waals surface area (Å²) in [6.07, 6.45) is 0. The molecule has 0 heterocycles. The highest BCUT2D eigenvalue weighted by Gasteiger charge is 2.18. The van der Waals surface area contributed by atoms with Crippen molar-refractivity contribution in [3.05, 3.63) is 96.1 Å². The lowest BCUT2D eigenvalue weighted by atomic mass is 9.96. The maximum Gasteiger partial charge on any atom is 0.338 e. The monoisotopic (exact) mass is 530 g/mol. The van der Waals surface area contributed by atoms with E-state index in [0.717, 1.165) is 22.3 Å². The first kappa shape index (κ1) is 30.6. The molecular formula is C32H34O7. The lowest BCUT2D eigenvalue weighted by Gasteiger charge is -2.16. The van der Waals surface area contributed by atoms with Gasteiger partial charge in [0.15, 0.2) is 23.0 Å². The number of allylic oxidation sites excluding steroid dienone is 2. The Bertz CT molecular complexity index is 1410. The summed E-state index contributed by atoms with van der Waals surface area (Å²) < 4.78 is 22.1. The zero-order chi connectivity index (χ0) is 29.4. The molecule has 39 heavy (non-hydrogen) atoms. The van der Waals surface area contributed by atoms with Crippen molar-refractivity contribution in [2.24, 2.45) is 0 Å². The Labute approximate surface area is 229 Å². The van der Waals surface area contributed by atoms with Crippen molar-refractivity contribution in [1.82, 2.24) is 0 Å². The van der Waals surface area contributed by atoms with Crippen LogP contribution >= 0.6 is 0 Å². The van der Waals surface area contributed by atoms with E-state index in [1.54, 1.807) is 37.3 Å². The van der Waals surface area contributed by atoms with Gasteiger partial charge in [-0.3, -0.25) is 0 Å². The summed E-state index contributed by atoms with van der Waals surface area (Å²) in [6, 6.07) is 10.2. The number of rotatable bonds is 11. The van der Waals surface area contributed by atoms with Crippen molar-refractivity contribution in [2.45, 2.75) is 41.5 Å². The molecule has 2 aromatic carbocycles. The molecule has 0 unspecified atom stereocenters. The molecule has 0 atom stereocenters. The molecule has 2 rings (SSSR count). The van der Waals surface area contributed by atoms with Crippen LogP contribution in [0.1, 0.15) is 52.7 Å². The molecular weight excluding hydrogens is 496 g/mol. The summed E-state index contributed by atoms with van der Waals surface area (Å²) in [5.41, 5.74) is 4.58. The molecule has 0 saturated heterocycles. The summed E-state index contributed by atoms with van der Waals surface area (Å²) in [5.74, 6) is -1.13. The van der Waals surface area contributed by atoms with E-state index in [1.807, 2.05) is 26.8 Å². The normalized spacial score (nSPS) is 11.0. The molecule has 0 spiro atoms. The Kier molecular flexibility index (Phi) is 10.4. The molecule has 204 valence electrons. The van der Waals surface area contributed by atoms with Gasteiger partial charge in [0.2, 0.25) is 0 Å². The molecule has 0 amide bonds. The first-order chi connectivity index (χ1) is 18.2. The van der Waals surface area contributed by atoms with Crippen LogP contribution in [-0.4, -0.2) is 24.5 Å². The maximum absolute atomic E-state index is 12.3. The average molecular weight is 531 g/mol. The van der Waals surface area contributed by atoms with Gasteiger partial charge in [0.05, 0.1) is 0 Å². The fourth-order valence-electron chi connectivity index (χ4n) is 3.04. The van der Waals surface area contributed by atoms with Gasteiger partial charge in [-0.05, 0) is 93.7 Å². The summed E-state index contributed by atoms with van der Waals surface area (Å²) in [6.45, 7) is 25.1. The Morgan fingerprint density at radius 1 is 0.564 bits per heavy atom. The predicted octanol–water partition coefficient (Wildman–Crippen LogP) is 7.04. The summed E-state index contributed by atoms with van der Waals surface area (Å²) in [7, 11) is 0. The predicted molar refractivity (Wildman–Crippen MR) is 153 cm³/mol. The molecule has 0 fully saturated rings. The Hall–Kier alpha value is -4.65. The van der Waals surface area contributed by atoms with Crippen LogP contribution in [0.3, 0.4) is 0 Å². The van der Waals surface area contributed by atoms with E-state index in [9.17, 15) is 14.4 Å². The quantitative estimate of drug-likeness (QED) is 0.101. The lowest BCUT2D eigenvalue weighted by molar-refractivity contribution is -0.132. The van der Waals surface area contributed by atoms with Gasteiger partial charge in [-0.2, -0.15) is 0 Å². The molecule has 0 N–H and O–H groups in total. The first-order valence-corrected chi connectivity index (χ1v) is 12.1. The molecule has 0 bridgehead atoms. The maximum atomic E-state index is 12.3. The lowest BCUT2D eigenvalue weighted by Crippen LogP contribution is -2.13. The molecule has 0 aliphatic carbocycles. The van der Waals surface area contributed by atoms with Crippen LogP contribution in [0.5, 0.6) is 23.0 Å². The minimum absolute atomic E-state index is 0.0573. The van der Waals surface area contributed by atoms with Crippen molar-refractivity contribution in [3.63, 3.8) is 0 Å². The van der Waals surface area contributed by atoms with E-state index < -0.39 is 17.9 Å². The highest BCUT2D eigenvalue weighted by atomic mass is 16.6. The van der Waals surface area contributed by atoms with Gasteiger partial charge in [-0.25, -0.2) is 14.4 Å². The van der Waals surface area contributed by atoms with Gasteiger partial charge in [-0.15, -0.1) is 0 Å². The largest absolute Gasteiger partial charge is 0.485 e. The van der Waals surface area contributed by atoms with Gasteiger partial charge < -0.3 is 18.9 Å². The molecule has 2 aromatic rings. The third-order valence-corrected chi connectivity index (χ3v) is 5.44. The summed E-state index contributed by atoms with van der Waals surface area (Å²) in [4.78, 5) is 36.6. The minimum Gasteiger partial charge on any atom is -0.485 e. The van der Waals surface area contributed by atoms with Crippen LogP contribution in [0.4, 0.5) is 0 Å². The van der Waals surface area contributed by atoms with Gasteiger partial charge in [0.1, 0.15) is 6.61 Å². The van der Waals surface area contributed by atoms with Gasteiger partial charge in [0.25, 0.3) is 0 Å². The number of esters is 3. The molecule has 0 aromatic heterocycles. The van der Waals surface area contributed by atoms with E-state index in [0.29, 0.717) is 11.3 Å². The fraction of sp³-hybridized carbons (Fsp3) is 0.219. The van der Waals surface area contributed by atoms with Crippen molar-refractivity contribution in [2.75, 3.05) is 6.61 Å². The molecule has 0 aliphatic rings. The number of ether oxygens (including phenoxy) is 4. The zero-order valence-electron chi connectivity index (χ0n) is 23.4. The van der Waals surface area contributed by atoms with E-state index >= 15 is 0 Å². The standard InChI is InChI=1S/C32H34O7/c1-18(2)17-36-26-13-11-24(15-28(26)38-31(34)20(5)6)22(9)23(10)25-12-14-27(37-30(33)19(3)4)29(16-25)39-32(35)21(7)8/h11-16H,1,3,5,7,17H2,2,4,6,8-10H3/b23-22+. The topological polar surface area (TPSA) is 88.1 Å². The van der Waals surface area contributed by atoms with Crippen LogP contribution < -0.4 is 18.9 Å². The number of hydrogen-bond acceptors (Lipinski definition) is 7. The van der Waals surface area contributed by atoms with Crippen molar-refractivity contribution in [1.29, 1.82) is 0 Å². The highest BCUT2D eigenvalue weighted by Crippen LogP contribution is 2.37. The highest BCUT2D eigenvalue weighted by molar-refractivity contribution is 5.93. The van der Waals surface area contributed by atoms with E-state index in [2.05, 4.69) is 26.3 Å². The van der Waals surface area contributed by atoms with Gasteiger partial charge in [0, 0.05) is 16.7 Å². The third kappa shape index (κ3) is 8.43. The molecule has 7 nitrogen and oxygen atoms in total. The number of carbonyl (C=O) groups excluding carboxylic acids is 3. The Balaban J connectivity index is 2.57. The Morgan fingerprint density at radius 3 is 1.31 bits per heavy atom. The van der Waals surface area contributed by atoms with Gasteiger partial charge >= 0.3 is 17.9 Å². The second kappa shape index (κ2) is 13.2. The van der Waals surface area contributed by atoms with Crippen molar-refractivity contribution in [3.8, 4) is 23.0 Å². The smallest absolute Gasteiger partial charge is 0.338 e. The number of hydrogen-bond donors (Lipinski definition) is 0. The van der Waals surface area contributed by atoms with Crippen LogP contribution in [-0.2, 0) is 14.4 Å². The Morgan fingerprint density at radius 2 is 0.923 bits per heavy atom. The van der Waals surface area contributed by atoms with E-state index in [-0.39, 0.29) is 40.6 Å². The molecule has 0 radical (unpaired) electrons. The second-order valence-electron chi connectivity index (χ2n) is 9.33. The van der Waals surface area contributed by atoms with Crippen LogP contribution in [0.25, 0.3) is 11.1 Å². The van der Waals surface area contributed by atoms with Gasteiger partial charge in [-0.1, -0.05) is 38.4 Å². The fourth-order valence-corrected chi connectivity index (χ4v) is 3.04. The van der Waals surface area contributed by atoms with Crippen molar-refractivity contribution < 1.29 is 33.3 Å². The third-order valence-electron chi connectivity index (χ3n) is 5.44.